The second-order valence-corrected chi connectivity index (χ2v) is 10.9. The lowest BCUT2D eigenvalue weighted by molar-refractivity contribution is -0.126. The van der Waals surface area contributed by atoms with Crippen LogP contribution in [0.15, 0.2) is 59.9 Å². The van der Waals surface area contributed by atoms with E-state index >= 15 is 0 Å². The van der Waals surface area contributed by atoms with E-state index in [9.17, 15) is 19.2 Å². The lowest BCUT2D eigenvalue weighted by Crippen LogP contribution is -2.48. The number of H-pyrrole nitrogens is 2. The summed E-state index contributed by atoms with van der Waals surface area (Å²) in [7, 11) is 0. The molecule has 4 amide bonds. The number of piperazine rings is 1. The second kappa shape index (κ2) is 8.69. The van der Waals surface area contributed by atoms with E-state index < -0.39 is 23.6 Å². The molecule has 0 spiro atoms. The molecule has 2 aromatic heterocycles. The fourth-order valence-corrected chi connectivity index (χ4v) is 6.90. The molecule has 1 saturated heterocycles. The van der Waals surface area contributed by atoms with E-state index in [1.807, 2.05) is 58.3 Å². The average molecular weight is 547 g/mol. The summed E-state index contributed by atoms with van der Waals surface area (Å²) in [5.41, 5.74) is 6.66. The van der Waals surface area contributed by atoms with Gasteiger partial charge in [0.15, 0.2) is 0 Å². The zero-order chi connectivity index (χ0) is 27.8. The highest BCUT2D eigenvalue weighted by atomic mass is 16.2. The van der Waals surface area contributed by atoms with Crippen molar-refractivity contribution in [1.29, 1.82) is 0 Å². The maximum Gasteiger partial charge on any atom is 0.275 e. The van der Waals surface area contributed by atoms with Crippen LogP contribution < -0.4 is 10.6 Å². The zero-order valence-corrected chi connectivity index (χ0v) is 22.1. The molecule has 5 aliphatic heterocycles. The lowest BCUT2D eigenvalue weighted by Gasteiger charge is -2.37. The number of hydrogen-bond acceptors (Lipinski definition) is 6. The molecule has 0 saturated carbocycles. The number of para-hydroxylation sites is 2. The van der Waals surface area contributed by atoms with Crippen LogP contribution in [0.2, 0.25) is 0 Å². The average Bonchev–Trinajstić information content (AvgIpc) is 3.67. The maximum absolute atomic E-state index is 13.3. The number of nitrogens with zero attached hydrogens (tertiary/aromatic N) is 2. The van der Waals surface area contributed by atoms with Crippen molar-refractivity contribution in [3.05, 3.63) is 82.4 Å². The molecule has 2 bridgehead atoms. The molecule has 0 radical (unpaired) electrons. The van der Waals surface area contributed by atoms with Crippen LogP contribution in [0, 0.1) is 0 Å². The van der Waals surface area contributed by atoms with Crippen LogP contribution >= 0.6 is 0 Å². The van der Waals surface area contributed by atoms with Gasteiger partial charge in [0.05, 0.1) is 11.1 Å². The summed E-state index contributed by atoms with van der Waals surface area (Å²) in [6, 6.07) is 15.7. The Labute approximate surface area is 234 Å². The van der Waals surface area contributed by atoms with Crippen molar-refractivity contribution in [3.63, 3.8) is 0 Å². The van der Waals surface area contributed by atoms with Crippen molar-refractivity contribution in [2.45, 2.75) is 19.3 Å². The minimum Gasteiger partial charge on any atom is -0.363 e. The molecule has 0 aliphatic carbocycles. The van der Waals surface area contributed by atoms with Crippen LogP contribution in [0.3, 0.4) is 0 Å². The fraction of sp³-hybridized carbons (Fsp3) is 0.226. The van der Waals surface area contributed by atoms with Gasteiger partial charge in [0.25, 0.3) is 23.6 Å². The highest BCUT2D eigenvalue weighted by molar-refractivity contribution is 6.38. The Kier molecular flexibility index (Phi) is 5.03. The molecule has 4 N–H and O–H groups in total. The standard InChI is InChI=1S/C31H26N6O4/c38-28-24-22-16-6-1-3-8-18(16)32-20(22)10-5-11-21-23(17-7-2-4-9-19(17)33-21)25-27(31(41)35-29(25)39)37-14-12-36(13-15-37)26(24)30(40)34-28/h1-4,6-9,32-33H,5,10-15H2,(H,34,38,40)(H,35,39,41). The highest BCUT2D eigenvalue weighted by Gasteiger charge is 2.41. The predicted octanol–water partition coefficient (Wildman–Crippen LogP) is 2.19. The van der Waals surface area contributed by atoms with Crippen LogP contribution in [0.25, 0.3) is 33.0 Å². The van der Waals surface area contributed by atoms with E-state index in [-0.39, 0.29) is 0 Å². The maximum atomic E-state index is 13.3. The van der Waals surface area contributed by atoms with Crippen LogP contribution in [-0.4, -0.2) is 69.6 Å². The fourth-order valence-electron chi connectivity index (χ4n) is 6.90. The van der Waals surface area contributed by atoms with Gasteiger partial charge in [-0.1, -0.05) is 36.4 Å². The number of benzene rings is 2. The van der Waals surface area contributed by atoms with Gasteiger partial charge in [-0.2, -0.15) is 0 Å². The Balaban J connectivity index is 1.35. The smallest absolute Gasteiger partial charge is 0.275 e. The van der Waals surface area contributed by atoms with Gasteiger partial charge < -0.3 is 19.8 Å². The van der Waals surface area contributed by atoms with Gasteiger partial charge in [-0.15, -0.1) is 0 Å². The molecule has 7 heterocycles. The summed E-state index contributed by atoms with van der Waals surface area (Å²) in [6.07, 6.45) is 1.92. The largest absolute Gasteiger partial charge is 0.363 e. The molecule has 4 aromatic rings. The first-order chi connectivity index (χ1) is 20.0. The predicted molar refractivity (Wildman–Crippen MR) is 152 cm³/mol. The summed E-state index contributed by atoms with van der Waals surface area (Å²) in [6.45, 7) is 1.65. The van der Waals surface area contributed by atoms with Gasteiger partial charge in [-0.25, -0.2) is 0 Å². The number of fused-ring (bicyclic) bond motifs is 6. The molecule has 0 atom stereocenters. The minimum absolute atomic E-state index is 0.368. The Morgan fingerprint density at radius 3 is 1.39 bits per heavy atom. The number of amides is 4. The van der Waals surface area contributed by atoms with Gasteiger partial charge >= 0.3 is 0 Å². The molecule has 2 aromatic carbocycles. The van der Waals surface area contributed by atoms with E-state index in [0.717, 1.165) is 44.3 Å². The van der Waals surface area contributed by atoms with E-state index in [2.05, 4.69) is 20.6 Å². The SMILES string of the molecule is O=C1NC(=O)C2=C1c1c([nH]c3ccccc13)CCCc1[nH]c3ccccc3c1C1=C(C(=O)NC1=O)N1CCN2CC1. The molecule has 41 heavy (non-hydrogen) atoms. The number of imide groups is 2. The van der Waals surface area contributed by atoms with Gasteiger partial charge in [0.2, 0.25) is 0 Å². The molecule has 5 aliphatic rings. The Morgan fingerprint density at radius 1 is 0.537 bits per heavy atom. The number of nitrogens with one attached hydrogen (secondary N) is 4. The van der Waals surface area contributed by atoms with Crippen molar-refractivity contribution in [2.75, 3.05) is 26.2 Å². The first kappa shape index (κ1) is 23.7. The minimum atomic E-state index is -0.408. The van der Waals surface area contributed by atoms with Crippen LogP contribution in [0.5, 0.6) is 0 Å². The third kappa shape index (κ3) is 3.43. The number of aryl methyl sites for hydroxylation is 2. The summed E-state index contributed by atoms with van der Waals surface area (Å²) in [5, 5.41) is 6.86. The summed E-state index contributed by atoms with van der Waals surface area (Å²) < 4.78 is 0. The number of carbonyl (C=O) groups excluding carboxylic acids is 4. The van der Waals surface area contributed by atoms with Crippen molar-refractivity contribution in [3.8, 4) is 0 Å². The van der Waals surface area contributed by atoms with Crippen molar-refractivity contribution in [1.82, 2.24) is 30.4 Å². The second-order valence-electron chi connectivity index (χ2n) is 10.9. The van der Waals surface area contributed by atoms with Gasteiger partial charge in [-0.3, -0.25) is 29.8 Å². The zero-order valence-electron chi connectivity index (χ0n) is 22.1. The number of carbonyl (C=O) groups is 4. The molecular formula is C31H26N6O4. The first-order valence-electron chi connectivity index (χ1n) is 13.9. The van der Waals surface area contributed by atoms with Crippen molar-refractivity contribution < 1.29 is 19.2 Å². The molecule has 9 rings (SSSR count). The number of rotatable bonds is 0. The molecular weight excluding hydrogens is 520 g/mol. The van der Waals surface area contributed by atoms with E-state index in [1.165, 1.54) is 0 Å². The quantitative estimate of drug-likeness (QED) is 0.250. The Bertz CT molecular complexity index is 1780. The molecule has 204 valence electrons. The monoisotopic (exact) mass is 546 g/mol. The topological polar surface area (TPSA) is 130 Å². The van der Waals surface area contributed by atoms with E-state index in [1.54, 1.807) is 0 Å². The number of aromatic amines is 2. The lowest BCUT2D eigenvalue weighted by atomic mass is 9.96. The van der Waals surface area contributed by atoms with Gasteiger partial charge in [-0.05, 0) is 31.4 Å². The normalized spacial score (nSPS) is 19.3. The first-order valence-corrected chi connectivity index (χ1v) is 13.9. The molecule has 0 unspecified atom stereocenters. The van der Waals surface area contributed by atoms with E-state index in [4.69, 9.17) is 0 Å². The number of aromatic nitrogens is 2. The molecule has 10 nitrogen and oxygen atoms in total. The highest BCUT2D eigenvalue weighted by Crippen LogP contribution is 2.39. The van der Waals surface area contributed by atoms with Crippen LogP contribution in [0.4, 0.5) is 0 Å². The van der Waals surface area contributed by atoms with Gasteiger partial charge in [0, 0.05) is 70.5 Å². The van der Waals surface area contributed by atoms with Crippen molar-refractivity contribution in [2.24, 2.45) is 0 Å². The third-order valence-electron chi connectivity index (χ3n) is 8.65. The van der Waals surface area contributed by atoms with Crippen LogP contribution in [-0.2, 0) is 32.0 Å². The number of hydrogen-bond donors (Lipinski definition) is 4. The summed E-state index contributed by atoms with van der Waals surface area (Å²) in [4.78, 5) is 64.0. The summed E-state index contributed by atoms with van der Waals surface area (Å²) in [5.74, 6) is -1.61. The molecule has 1 fully saturated rings. The Hall–Kier alpha value is -5.12. The molecule has 10 heteroatoms. The summed E-state index contributed by atoms with van der Waals surface area (Å²) >= 11 is 0. The van der Waals surface area contributed by atoms with Crippen LogP contribution in [0.1, 0.15) is 28.9 Å². The Morgan fingerprint density at radius 2 is 0.951 bits per heavy atom. The third-order valence-corrected chi connectivity index (χ3v) is 8.65. The van der Waals surface area contributed by atoms with Crippen molar-refractivity contribution >= 4 is 56.6 Å². The van der Waals surface area contributed by atoms with E-state index in [0.29, 0.717) is 68.0 Å². The van der Waals surface area contributed by atoms with Gasteiger partial charge in [0.1, 0.15) is 11.4 Å².